The molecule has 5 aliphatic carbocycles. The highest BCUT2D eigenvalue weighted by Gasteiger charge is 2.64. The molecule has 0 aliphatic heterocycles. The maximum absolute atomic E-state index is 15.9. The fourth-order valence-electron chi connectivity index (χ4n) is 8.57. The largest absolute Gasteiger partial charge is 0.456 e. The number of benzene rings is 1. The number of hydrogen-bond acceptors (Lipinski definition) is 3. The fourth-order valence-corrected chi connectivity index (χ4v) is 8.57. The Balaban J connectivity index is 1.16. The van der Waals surface area contributed by atoms with E-state index in [1.807, 2.05) is 36.4 Å². The summed E-state index contributed by atoms with van der Waals surface area (Å²) < 4.78 is 43.8. The van der Waals surface area contributed by atoms with Crippen molar-refractivity contribution >= 4 is 5.97 Å². The molecule has 5 aliphatic rings. The van der Waals surface area contributed by atoms with Crippen LogP contribution in [0.1, 0.15) is 83.6 Å². The van der Waals surface area contributed by atoms with E-state index in [0.29, 0.717) is 36.9 Å². The van der Waals surface area contributed by atoms with Crippen LogP contribution in [0.5, 0.6) is 0 Å². The van der Waals surface area contributed by atoms with E-state index in [1.165, 1.54) is 12.8 Å². The number of rotatable bonds is 6. The van der Waals surface area contributed by atoms with Gasteiger partial charge in [-0.1, -0.05) is 50.3 Å². The van der Waals surface area contributed by atoms with E-state index in [0.717, 1.165) is 37.7 Å². The van der Waals surface area contributed by atoms with Gasteiger partial charge in [0.05, 0.1) is 12.2 Å². The lowest BCUT2D eigenvalue weighted by Gasteiger charge is -2.59. The molecular weight excluding hydrogens is 458 g/mol. The van der Waals surface area contributed by atoms with Crippen LogP contribution >= 0.6 is 0 Å². The lowest BCUT2D eigenvalue weighted by molar-refractivity contribution is -0.183. The number of carbonyl (C=O) groups is 1. The molecule has 5 heteroatoms. The van der Waals surface area contributed by atoms with Gasteiger partial charge in [-0.3, -0.25) is 4.79 Å². The molecule has 0 saturated heterocycles. The maximum Gasteiger partial charge on any atom is 0.306 e. The van der Waals surface area contributed by atoms with Crippen molar-refractivity contribution in [3.8, 4) is 0 Å². The topological polar surface area (TPSA) is 35.5 Å². The molecule has 0 heterocycles. The third-order valence-corrected chi connectivity index (χ3v) is 10.7. The number of ether oxygens (including phenoxy) is 2. The Morgan fingerprint density at radius 1 is 0.944 bits per heavy atom. The van der Waals surface area contributed by atoms with Crippen LogP contribution in [0.2, 0.25) is 0 Å². The molecule has 0 amide bonds. The second-order valence-electron chi connectivity index (χ2n) is 12.7. The lowest BCUT2D eigenvalue weighted by Crippen LogP contribution is -2.57. The minimum absolute atomic E-state index is 0.127. The van der Waals surface area contributed by atoms with Crippen molar-refractivity contribution in [2.24, 2.45) is 28.6 Å². The van der Waals surface area contributed by atoms with Gasteiger partial charge in [0.1, 0.15) is 0 Å². The van der Waals surface area contributed by atoms with Crippen LogP contribution in [0.15, 0.2) is 42.0 Å². The van der Waals surface area contributed by atoms with Crippen molar-refractivity contribution in [1.29, 1.82) is 0 Å². The Kier molecular flexibility index (Phi) is 6.09. The second-order valence-corrected chi connectivity index (χ2v) is 12.7. The highest BCUT2D eigenvalue weighted by Crippen LogP contribution is 2.67. The van der Waals surface area contributed by atoms with Crippen molar-refractivity contribution in [2.45, 2.75) is 109 Å². The monoisotopic (exact) mass is 498 g/mol. The predicted molar refractivity (Wildman–Crippen MR) is 135 cm³/mol. The van der Waals surface area contributed by atoms with Gasteiger partial charge in [0.25, 0.3) is 0 Å². The summed E-state index contributed by atoms with van der Waals surface area (Å²) >= 11 is 0. The summed E-state index contributed by atoms with van der Waals surface area (Å²) in [6.07, 6.45) is 10.3. The van der Waals surface area contributed by atoms with E-state index >= 15 is 8.78 Å². The molecular formula is C31H40F2O3. The van der Waals surface area contributed by atoms with E-state index in [4.69, 9.17) is 9.47 Å². The average Bonchev–Trinajstić information content (AvgIpc) is 3.61. The summed E-state index contributed by atoms with van der Waals surface area (Å²) in [5.74, 6) is -2.35. The summed E-state index contributed by atoms with van der Waals surface area (Å²) in [4.78, 5) is 12.5. The first-order valence-electron chi connectivity index (χ1n) is 14.2. The lowest BCUT2D eigenvalue weighted by atomic mass is 9.47. The van der Waals surface area contributed by atoms with Crippen LogP contribution < -0.4 is 0 Å². The van der Waals surface area contributed by atoms with Gasteiger partial charge in [-0.2, -0.15) is 8.78 Å². The zero-order valence-electron chi connectivity index (χ0n) is 21.7. The molecule has 7 atom stereocenters. The summed E-state index contributed by atoms with van der Waals surface area (Å²) in [7, 11) is 0. The minimum Gasteiger partial charge on any atom is -0.456 e. The Labute approximate surface area is 214 Å². The maximum atomic E-state index is 15.9. The molecule has 1 aromatic carbocycles. The van der Waals surface area contributed by atoms with E-state index < -0.39 is 23.4 Å². The number of carbonyl (C=O) groups excluding carboxylic acids is 1. The fraction of sp³-hybridized carbons (Fsp3) is 0.710. The van der Waals surface area contributed by atoms with Crippen LogP contribution in [-0.2, 0) is 20.7 Å². The van der Waals surface area contributed by atoms with Crippen LogP contribution in [0.3, 0.4) is 0 Å². The second kappa shape index (κ2) is 8.92. The van der Waals surface area contributed by atoms with Crippen molar-refractivity contribution < 1.29 is 23.0 Å². The van der Waals surface area contributed by atoms with E-state index in [9.17, 15) is 4.79 Å². The molecule has 0 unspecified atom stereocenters. The number of fused-ring (bicyclic) bond motifs is 5. The molecule has 196 valence electrons. The highest BCUT2D eigenvalue weighted by molar-refractivity contribution is 5.70. The van der Waals surface area contributed by atoms with Gasteiger partial charge in [-0.15, -0.1) is 0 Å². The summed E-state index contributed by atoms with van der Waals surface area (Å²) in [6, 6.07) is 9.64. The van der Waals surface area contributed by atoms with Crippen LogP contribution in [0, 0.1) is 28.6 Å². The Morgan fingerprint density at radius 2 is 1.72 bits per heavy atom. The van der Waals surface area contributed by atoms with Crippen molar-refractivity contribution in [3.63, 3.8) is 0 Å². The molecule has 6 rings (SSSR count). The summed E-state index contributed by atoms with van der Waals surface area (Å²) in [5.41, 5.74) is 0.922. The van der Waals surface area contributed by atoms with E-state index in [1.54, 1.807) is 0 Å². The first-order valence-corrected chi connectivity index (χ1v) is 14.2. The Hall–Kier alpha value is -1.75. The molecule has 36 heavy (non-hydrogen) atoms. The smallest absolute Gasteiger partial charge is 0.306 e. The SMILES string of the molecule is C[C@]12CC[C@H]3[C@@H](CC=C4C(F)(F)[C@@H](OC(=O)CCc5ccccc5)CC[C@@]43C)[C@@H]1CC[C@@H]2OC1CC1. The number of hydrogen-bond donors (Lipinski definition) is 0. The number of esters is 1. The minimum atomic E-state index is -3.10. The first-order chi connectivity index (χ1) is 17.2. The van der Waals surface area contributed by atoms with Crippen LogP contribution in [-0.4, -0.2) is 30.2 Å². The van der Waals surface area contributed by atoms with E-state index in [2.05, 4.69) is 13.8 Å². The molecule has 4 fully saturated rings. The molecule has 3 nitrogen and oxygen atoms in total. The van der Waals surface area contributed by atoms with E-state index in [-0.39, 0.29) is 29.7 Å². The normalized spacial score (nSPS) is 41.0. The Morgan fingerprint density at radius 3 is 2.47 bits per heavy atom. The molecule has 0 aromatic heterocycles. The molecule has 0 radical (unpaired) electrons. The summed E-state index contributed by atoms with van der Waals surface area (Å²) in [6.45, 7) is 4.49. The molecule has 1 aromatic rings. The first kappa shape index (κ1) is 24.6. The van der Waals surface area contributed by atoms with Crippen molar-refractivity contribution in [3.05, 3.63) is 47.5 Å². The van der Waals surface area contributed by atoms with Crippen LogP contribution in [0.25, 0.3) is 0 Å². The molecule has 0 spiro atoms. The Bertz CT molecular complexity index is 1020. The third kappa shape index (κ3) is 4.04. The standard InChI is InChI=1S/C31H40F2O3/c1-29-19-17-27(36-28(34)15-8-20-6-4-3-5-7-20)31(32,33)25(29)13-11-22-23-12-14-26(35-21-9-10-21)30(23,2)18-16-24(22)29/h3-7,13,21-24,26-27H,8-12,14-19H2,1-2H3/t22-,23-,24-,26-,27-,29+,30-/m0/s1. The molecule has 4 saturated carbocycles. The molecule has 0 N–H and O–H groups in total. The van der Waals surface area contributed by atoms with Crippen molar-refractivity contribution in [1.82, 2.24) is 0 Å². The van der Waals surface area contributed by atoms with Gasteiger partial charge in [0.2, 0.25) is 0 Å². The quantitative estimate of drug-likeness (QED) is 0.305. The van der Waals surface area contributed by atoms with Gasteiger partial charge in [0.15, 0.2) is 6.10 Å². The third-order valence-electron chi connectivity index (χ3n) is 10.7. The zero-order valence-corrected chi connectivity index (χ0v) is 21.7. The van der Waals surface area contributed by atoms with Crippen molar-refractivity contribution in [2.75, 3.05) is 0 Å². The van der Waals surface area contributed by atoms with Gasteiger partial charge in [-0.25, -0.2) is 0 Å². The van der Waals surface area contributed by atoms with Gasteiger partial charge in [-0.05, 0) is 98.4 Å². The highest BCUT2D eigenvalue weighted by atomic mass is 19.3. The predicted octanol–water partition coefficient (Wildman–Crippen LogP) is 7.29. The number of alkyl halides is 2. The van der Waals surface area contributed by atoms with Gasteiger partial charge < -0.3 is 9.47 Å². The summed E-state index contributed by atoms with van der Waals surface area (Å²) in [5, 5.41) is 0. The molecule has 0 bridgehead atoms. The van der Waals surface area contributed by atoms with Crippen LogP contribution in [0.4, 0.5) is 8.78 Å². The van der Waals surface area contributed by atoms with Gasteiger partial charge in [0, 0.05) is 12.0 Å². The number of aryl methyl sites for hydroxylation is 1. The average molecular weight is 499 g/mol. The number of halogens is 2. The zero-order chi connectivity index (χ0) is 25.1. The van der Waals surface area contributed by atoms with Gasteiger partial charge >= 0.3 is 11.9 Å². The number of allylic oxidation sites excluding steroid dienone is 1.